The Bertz CT molecular complexity index is 1330. The minimum Gasteiger partial charge on any atom is -0.453 e. The van der Waals surface area contributed by atoms with Gasteiger partial charge in [0.2, 0.25) is 0 Å². The van der Waals surface area contributed by atoms with Gasteiger partial charge >= 0.3 is 5.97 Å². The summed E-state index contributed by atoms with van der Waals surface area (Å²) in [6.07, 6.45) is -1.74. The number of aliphatic hydroxyl groups excluding tert-OH is 2. The quantitative estimate of drug-likeness (QED) is 0.200. The van der Waals surface area contributed by atoms with Gasteiger partial charge in [0.05, 0.1) is 25.4 Å². The summed E-state index contributed by atoms with van der Waals surface area (Å²) in [4.78, 5) is 23.4. The second kappa shape index (κ2) is 15.3. The van der Waals surface area contributed by atoms with Crippen molar-refractivity contribution in [1.82, 2.24) is 5.32 Å². The molecule has 3 aromatic rings. The maximum Gasteiger partial charge on any atom is 0.303 e. The van der Waals surface area contributed by atoms with E-state index in [0.29, 0.717) is 12.3 Å². The monoisotopic (exact) mass is 593 g/mol. The van der Waals surface area contributed by atoms with Crippen LogP contribution >= 0.6 is 11.8 Å². The average Bonchev–Trinajstić information content (AvgIpc) is 3.00. The zero-order chi connectivity index (χ0) is 30.1. The van der Waals surface area contributed by atoms with Gasteiger partial charge in [0.1, 0.15) is 0 Å². The predicted molar refractivity (Wildman–Crippen MR) is 162 cm³/mol. The van der Waals surface area contributed by atoms with Crippen LogP contribution in [-0.4, -0.2) is 52.4 Å². The molecule has 0 unspecified atom stereocenters. The average molecular weight is 594 g/mol. The van der Waals surface area contributed by atoms with Crippen molar-refractivity contribution in [2.75, 3.05) is 18.1 Å². The van der Waals surface area contributed by atoms with Crippen molar-refractivity contribution in [2.45, 2.75) is 58.5 Å². The van der Waals surface area contributed by atoms with Gasteiger partial charge < -0.3 is 29.7 Å². The summed E-state index contributed by atoms with van der Waals surface area (Å²) >= 11 is 1.66. The highest BCUT2D eigenvalue weighted by Gasteiger charge is 2.38. The lowest BCUT2D eigenvalue weighted by Gasteiger charge is -2.41. The first-order chi connectivity index (χ1) is 20.3. The van der Waals surface area contributed by atoms with Gasteiger partial charge in [-0.15, -0.1) is 0 Å². The van der Waals surface area contributed by atoms with Gasteiger partial charge in [-0.25, -0.2) is 0 Å². The smallest absolute Gasteiger partial charge is 0.303 e. The number of carbonyl (C=O) groups excluding carboxylic acids is 2. The number of thioether (sulfide) groups is 1. The van der Waals surface area contributed by atoms with Crippen LogP contribution < -0.4 is 5.32 Å². The van der Waals surface area contributed by atoms with Crippen LogP contribution in [0.25, 0.3) is 11.1 Å². The van der Waals surface area contributed by atoms with E-state index in [0.717, 1.165) is 39.1 Å². The highest BCUT2D eigenvalue weighted by Crippen LogP contribution is 2.43. The van der Waals surface area contributed by atoms with E-state index in [4.69, 9.17) is 14.2 Å². The minimum atomic E-state index is -0.858. The molecule has 0 aliphatic carbocycles. The molecule has 1 heterocycles. The van der Waals surface area contributed by atoms with E-state index in [1.807, 2.05) is 66.7 Å². The zero-order valence-electron chi connectivity index (χ0n) is 24.2. The summed E-state index contributed by atoms with van der Waals surface area (Å²) in [5.74, 6) is 0.594. The fourth-order valence-corrected chi connectivity index (χ4v) is 5.85. The molecule has 0 radical (unpaired) electrons. The van der Waals surface area contributed by atoms with E-state index in [9.17, 15) is 19.8 Å². The molecule has 1 fully saturated rings. The number of amides is 1. The fraction of sp³-hybridized carbons (Fsp3) is 0.394. The third kappa shape index (κ3) is 8.42. The van der Waals surface area contributed by atoms with Crippen molar-refractivity contribution < 1.29 is 34.0 Å². The Hall–Kier alpha value is -3.21. The number of aliphatic hydroxyl groups is 2. The summed E-state index contributed by atoms with van der Waals surface area (Å²) in [7, 11) is 0. The van der Waals surface area contributed by atoms with E-state index in [1.54, 1.807) is 18.7 Å². The van der Waals surface area contributed by atoms with Crippen LogP contribution in [0.4, 0.5) is 0 Å². The minimum absolute atomic E-state index is 0.0126. The lowest BCUT2D eigenvalue weighted by Crippen LogP contribution is -2.38. The topological polar surface area (TPSA) is 114 Å². The largest absolute Gasteiger partial charge is 0.453 e. The highest BCUT2D eigenvalue weighted by molar-refractivity contribution is 7.99. The normalized spacial score (nSPS) is 21.0. The first-order valence-electron chi connectivity index (χ1n) is 14.1. The van der Waals surface area contributed by atoms with Crippen LogP contribution in [0.1, 0.15) is 55.4 Å². The van der Waals surface area contributed by atoms with Crippen molar-refractivity contribution in [3.63, 3.8) is 0 Å². The molecule has 3 aromatic carbocycles. The van der Waals surface area contributed by atoms with Crippen LogP contribution in [-0.2, 0) is 37.0 Å². The molecule has 0 spiro atoms. The standard InChI is InChI=1S/C33H39NO7S/c1-21-30(20-42-15-14-35)40-33(41-31(21)26-12-10-24(19-36)11-13-26)29-9-5-8-28(17-29)27-7-4-6-25(16-27)18-34-32(38)22(2)39-23(3)37/h4-13,16-17,21-22,30-31,33,35-36H,14-15,18-20H2,1-3H3,(H,34,38)/t21-,22-,30+,31+,33+/m0/s1. The second-order valence-corrected chi connectivity index (χ2v) is 11.6. The third-order valence-corrected chi connectivity index (χ3v) is 8.27. The summed E-state index contributed by atoms with van der Waals surface area (Å²) in [6, 6.07) is 23.8. The van der Waals surface area contributed by atoms with Gasteiger partial charge in [0, 0.05) is 36.5 Å². The van der Waals surface area contributed by atoms with Gasteiger partial charge in [-0.3, -0.25) is 9.59 Å². The van der Waals surface area contributed by atoms with Gasteiger partial charge in [-0.1, -0.05) is 67.6 Å². The van der Waals surface area contributed by atoms with Crippen LogP contribution in [0.5, 0.6) is 0 Å². The first-order valence-corrected chi connectivity index (χ1v) is 15.3. The SMILES string of the molecule is CC(=O)O[C@@H](C)C(=O)NCc1cccc(-c2cccc([C@@H]3O[C@H](CSCCO)[C@H](C)[C@H](c4ccc(CO)cc4)O3)c2)c1. The Kier molecular flexibility index (Phi) is 11.6. The van der Waals surface area contributed by atoms with E-state index in [2.05, 4.69) is 18.3 Å². The van der Waals surface area contributed by atoms with Gasteiger partial charge in [0.25, 0.3) is 5.91 Å². The van der Waals surface area contributed by atoms with E-state index in [-0.39, 0.29) is 37.2 Å². The first kappa shape index (κ1) is 31.7. The van der Waals surface area contributed by atoms with Crippen LogP contribution in [0.3, 0.4) is 0 Å². The lowest BCUT2D eigenvalue weighted by molar-refractivity contribution is -0.268. The maximum atomic E-state index is 12.3. The number of rotatable bonds is 12. The summed E-state index contributed by atoms with van der Waals surface area (Å²) in [5, 5.41) is 21.6. The van der Waals surface area contributed by atoms with Crippen molar-refractivity contribution in [2.24, 2.45) is 5.92 Å². The Morgan fingerprint density at radius 3 is 2.36 bits per heavy atom. The second-order valence-electron chi connectivity index (χ2n) is 10.4. The summed E-state index contributed by atoms with van der Waals surface area (Å²) in [5.41, 5.74) is 5.63. The molecule has 5 atom stereocenters. The number of benzene rings is 3. The molecule has 0 aromatic heterocycles. The fourth-order valence-electron chi connectivity index (χ4n) is 4.93. The Morgan fingerprint density at radius 2 is 1.67 bits per heavy atom. The summed E-state index contributed by atoms with van der Waals surface area (Å²) in [6.45, 7) is 5.35. The zero-order valence-corrected chi connectivity index (χ0v) is 25.0. The Labute approximate surface area is 251 Å². The molecular weight excluding hydrogens is 554 g/mol. The molecular formula is C33H39NO7S. The molecule has 3 N–H and O–H groups in total. The number of carbonyl (C=O) groups is 2. The number of ether oxygens (including phenoxy) is 3. The van der Waals surface area contributed by atoms with Crippen molar-refractivity contribution in [3.05, 3.63) is 95.1 Å². The van der Waals surface area contributed by atoms with Crippen LogP contribution in [0.2, 0.25) is 0 Å². The molecule has 0 saturated carbocycles. The highest BCUT2D eigenvalue weighted by atomic mass is 32.2. The Balaban J connectivity index is 1.53. The third-order valence-electron chi connectivity index (χ3n) is 7.24. The number of esters is 1. The van der Waals surface area contributed by atoms with Gasteiger partial charge in [-0.05, 0) is 46.9 Å². The van der Waals surface area contributed by atoms with E-state index >= 15 is 0 Å². The number of hydrogen-bond donors (Lipinski definition) is 3. The molecule has 42 heavy (non-hydrogen) atoms. The summed E-state index contributed by atoms with van der Waals surface area (Å²) < 4.78 is 18.0. The van der Waals surface area contributed by atoms with Crippen LogP contribution in [0, 0.1) is 5.92 Å². The van der Waals surface area contributed by atoms with Gasteiger partial charge in [-0.2, -0.15) is 11.8 Å². The molecule has 1 aliphatic heterocycles. The van der Waals surface area contributed by atoms with Crippen molar-refractivity contribution in [3.8, 4) is 11.1 Å². The molecule has 1 saturated heterocycles. The molecule has 9 heteroatoms. The molecule has 1 amide bonds. The predicted octanol–water partition coefficient (Wildman–Crippen LogP) is 4.93. The molecule has 4 rings (SSSR count). The molecule has 224 valence electrons. The molecule has 8 nitrogen and oxygen atoms in total. The molecule has 0 bridgehead atoms. The van der Waals surface area contributed by atoms with Gasteiger partial charge in [0.15, 0.2) is 12.4 Å². The Morgan fingerprint density at radius 1 is 0.952 bits per heavy atom. The maximum absolute atomic E-state index is 12.3. The van der Waals surface area contributed by atoms with E-state index < -0.39 is 18.4 Å². The molecule has 1 aliphatic rings. The number of hydrogen-bond acceptors (Lipinski definition) is 8. The van der Waals surface area contributed by atoms with E-state index in [1.165, 1.54) is 6.92 Å². The van der Waals surface area contributed by atoms with Crippen molar-refractivity contribution in [1.29, 1.82) is 0 Å². The lowest BCUT2D eigenvalue weighted by atomic mass is 9.91. The van der Waals surface area contributed by atoms with Crippen molar-refractivity contribution >= 4 is 23.6 Å². The number of nitrogens with one attached hydrogen (secondary N) is 1. The van der Waals surface area contributed by atoms with Crippen LogP contribution in [0.15, 0.2) is 72.8 Å².